The molecule has 1 aromatic heterocycles. The molecular weight excluding hydrogens is 358 g/mol. The standard InChI is InChI=1S/C20H21N5O3/c1-3-27-17-11-9-16(10-12-17)23-20-24-18(13-21-25-20)22-15-7-5-14(6-8-15)19(26)28-4-2/h5-13H,3-4H2,1-2H3,(H2,22,23,24,25). The average Bonchev–Trinajstić information content (AvgIpc) is 2.71. The Hall–Kier alpha value is -3.68. The van der Waals surface area contributed by atoms with E-state index in [1.807, 2.05) is 31.2 Å². The van der Waals surface area contributed by atoms with E-state index in [0.717, 1.165) is 17.1 Å². The van der Waals surface area contributed by atoms with Crippen molar-refractivity contribution in [2.24, 2.45) is 0 Å². The van der Waals surface area contributed by atoms with E-state index in [-0.39, 0.29) is 5.97 Å². The highest BCUT2D eigenvalue weighted by molar-refractivity contribution is 5.89. The summed E-state index contributed by atoms with van der Waals surface area (Å²) in [4.78, 5) is 16.1. The summed E-state index contributed by atoms with van der Waals surface area (Å²) in [5.74, 6) is 1.33. The average molecular weight is 379 g/mol. The Morgan fingerprint density at radius 1 is 0.929 bits per heavy atom. The van der Waals surface area contributed by atoms with Crippen LogP contribution >= 0.6 is 0 Å². The summed E-state index contributed by atoms with van der Waals surface area (Å²) in [6.07, 6.45) is 1.52. The van der Waals surface area contributed by atoms with Crippen molar-refractivity contribution < 1.29 is 14.3 Å². The van der Waals surface area contributed by atoms with Gasteiger partial charge < -0.3 is 20.1 Å². The first kappa shape index (κ1) is 19.1. The minimum atomic E-state index is -0.348. The lowest BCUT2D eigenvalue weighted by Crippen LogP contribution is -2.05. The molecule has 8 nitrogen and oxygen atoms in total. The van der Waals surface area contributed by atoms with Crippen molar-refractivity contribution >= 4 is 29.1 Å². The molecule has 0 aliphatic carbocycles. The third-order valence-electron chi connectivity index (χ3n) is 3.65. The van der Waals surface area contributed by atoms with Crippen LogP contribution in [0.4, 0.5) is 23.1 Å². The highest BCUT2D eigenvalue weighted by Gasteiger charge is 2.07. The van der Waals surface area contributed by atoms with Crippen LogP contribution in [0.15, 0.2) is 54.7 Å². The zero-order valence-corrected chi connectivity index (χ0v) is 15.7. The maximum absolute atomic E-state index is 11.7. The number of carbonyl (C=O) groups is 1. The van der Waals surface area contributed by atoms with Crippen molar-refractivity contribution in [1.82, 2.24) is 15.2 Å². The van der Waals surface area contributed by atoms with Gasteiger partial charge in [-0.3, -0.25) is 0 Å². The SMILES string of the molecule is CCOC(=O)c1ccc(Nc2cnnc(Nc3ccc(OCC)cc3)n2)cc1. The lowest BCUT2D eigenvalue weighted by atomic mass is 10.2. The van der Waals surface area contributed by atoms with Gasteiger partial charge in [0.1, 0.15) is 5.75 Å². The summed E-state index contributed by atoms with van der Waals surface area (Å²) in [6.45, 7) is 4.67. The van der Waals surface area contributed by atoms with Crippen LogP contribution in [-0.2, 0) is 4.74 Å². The van der Waals surface area contributed by atoms with Crippen molar-refractivity contribution in [3.8, 4) is 5.75 Å². The summed E-state index contributed by atoms with van der Waals surface area (Å²) < 4.78 is 10.4. The van der Waals surface area contributed by atoms with Crippen LogP contribution in [0.5, 0.6) is 5.75 Å². The zero-order chi connectivity index (χ0) is 19.8. The van der Waals surface area contributed by atoms with E-state index in [1.165, 1.54) is 6.20 Å². The molecule has 1 heterocycles. The Balaban J connectivity index is 1.65. The van der Waals surface area contributed by atoms with Crippen LogP contribution in [0.2, 0.25) is 0 Å². The van der Waals surface area contributed by atoms with Gasteiger partial charge in [0.25, 0.3) is 0 Å². The molecule has 0 saturated carbocycles. The summed E-state index contributed by atoms with van der Waals surface area (Å²) >= 11 is 0. The molecule has 0 aliphatic rings. The number of nitrogens with one attached hydrogen (secondary N) is 2. The summed E-state index contributed by atoms with van der Waals surface area (Å²) in [5, 5.41) is 14.2. The van der Waals surface area contributed by atoms with Crippen LogP contribution in [0.3, 0.4) is 0 Å². The Morgan fingerprint density at radius 2 is 1.61 bits per heavy atom. The maximum Gasteiger partial charge on any atom is 0.338 e. The fourth-order valence-corrected chi connectivity index (χ4v) is 2.40. The number of ether oxygens (including phenoxy) is 2. The quantitative estimate of drug-likeness (QED) is 0.568. The normalized spacial score (nSPS) is 10.2. The predicted octanol–water partition coefficient (Wildman–Crippen LogP) is 3.93. The number of rotatable bonds is 8. The summed E-state index contributed by atoms with van der Waals surface area (Å²) in [5.41, 5.74) is 2.08. The van der Waals surface area contributed by atoms with E-state index in [4.69, 9.17) is 9.47 Å². The Bertz CT molecular complexity index is 914. The van der Waals surface area contributed by atoms with E-state index in [1.54, 1.807) is 31.2 Å². The molecule has 0 saturated heterocycles. The minimum Gasteiger partial charge on any atom is -0.494 e. The topological polar surface area (TPSA) is 98.3 Å². The van der Waals surface area contributed by atoms with Gasteiger partial charge in [-0.1, -0.05) is 0 Å². The molecule has 2 N–H and O–H groups in total. The second kappa shape index (κ2) is 9.31. The first-order chi connectivity index (χ1) is 13.7. The number of anilines is 4. The first-order valence-electron chi connectivity index (χ1n) is 8.91. The van der Waals surface area contributed by atoms with Gasteiger partial charge in [0.05, 0.1) is 25.0 Å². The lowest BCUT2D eigenvalue weighted by Gasteiger charge is -2.09. The number of hydrogen-bond donors (Lipinski definition) is 2. The lowest BCUT2D eigenvalue weighted by molar-refractivity contribution is 0.0526. The van der Waals surface area contributed by atoms with Gasteiger partial charge in [0.2, 0.25) is 5.95 Å². The van der Waals surface area contributed by atoms with Gasteiger partial charge in [0, 0.05) is 11.4 Å². The molecule has 0 fully saturated rings. The van der Waals surface area contributed by atoms with Gasteiger partial charge in [-0.25, -0.2) is 4.79 Å². The molecule has 0 unspecified atom stereocenters. The van der Waals surface area contributed by atoms with E-state index in [2.05, 4.69) is 25.8 Å². The molecule has 28 heavy (non-hydrogen) atoms. The first-order valence-corrected chi connectivity index (χ1v) is 8.91. The van der Waals surface area contributed by atoms with Crippen LogP contribution in [0, 0.1) is 0 Å². The molecule has 0 spiro atoms. The van der Waals surface area contributed by atoms with E-state index in [9.17, 15) is 4.79 Å². The van der Waals surface area contributed by atoms with Crippen LogP contribution in [-0.4, -0.2) is 34.4 Å². The molecule has 0 aliphatic heterocycles. The van der Waals surface area contributed by atoms with Crippen LogP contribution < -0.4 is 15.4 Å². The van der Waals surface area contributed by atoms with Gasteiger partial charge >= 0.3 is 5.97 Å². The molecular formula is C20H21N5O3. The largest absolute Gasteiger partial charge is 0.494 e. The number of esters is 1. The Morgan fingerprint density at radius 3 is 2.29 bits per heavy atom. The smallest absolute Gasteiger partial charge is 0.338 e. The molecule has 0 amide bonds. The van der Waals surface area contributed by atoms with Crippen molar-refractivity contribution in [2.75, 3.05) is 23.8 Å². The number of carbonyl (C=O) groups excluding carboxylic acids is 1. The fraction of sp³-hybridized carbons (Fsp3) is 0.200. The zero-order valence-electron chi connectivity index (χ0n) is 15.7. The van der Waals surface area contributed by atoms with Gasteiger partial charge in [-0.2, -0.15) is 10.1 Å². The van der Waals surface area contributed by atoms with Gasteiger partial charge in [-0.05, 0) is 62.4 Å². The Kier molecular flexibility index (Phi) is 6.35. The van der Waals surface area contributed by atoms with Crippen molar-refractivity contribution in [3.63, 3.8) is 0 Å². The molecule has 8 heteroatoms. The highest BCUT2D eigenvalue weighted by Crippen LogP contribution is 2.20. The van der Waals surface area contributed by atoms with Crippen LogP contribution in [0.25, 0.3) is 0 Å². The molecule has 3 rings (SSSR count). The molecule has 0 atom stereocenters. The van der Waals surface area contributed by atoms with Gasteiger partial charge in [-0.15, -0.1) is 5.10 Å². The molecule has 0 radical (unpaired) electrons. The minimum absolute atomic E-state index is 0.343. The number of hydrogen-bond acceptors (Lipinski definition) is 8. The molecule has 144 valence electrons. The number of nitrogens with zero attached hydrogens (tertiary/aromatic N) is 3. The molecule has 0 bridgehead atoms. The monoisotopic (exact) mass is 379 g/mol. The summed E-state index contributed by atoms with van der Waals surface area (Å²) in [7, 11) is 0. The second-order valence-electron chi connectivity index (χ2n) is 5.67. The fourth-order valence-electron chi connectivity index (χ4n) is 2.40. The predicted molar refractivity (Wildman–Crippen MR) is 106 cm³/mol. The van der Waals surface area contributed by atoms with Crippen molar-refractivity contribution in [3.05, 3.63) is 60.3 Å². The molecule has 3 aromatic rings. The number of benzene rings is 2. The van der Waals surface area contributed by atoms with Gasteiger partial charge in [0.15, 0.2) is 5.82 Å². The van der Waals surface area contributed by atoms with E-state index >= 15 is 0 Å². The van der Waals surface area contributed by atoms with Crippen molar-refractivity contribution in [2.45, 2.75) is 13.8 Å². The third-order valence-corrected chi connectivity index (χ3v) is 3.65. The third kappa shape index (κ3) is 5.16. The van der Waals surface area contributed by atoms with Crippen LogP contribution in [0.1, 0.15) is 24.2 Å². The highest BCUT2D eigenvalue weighted by atomic mass is 16.5. The molecule has 2 aromatic carbocycles. The van der Waals surface area contributed by atoms with E-state index in [0.29, 0.717) is 30.5 Å². The van der Waals surface area contributed by atoms with Crippen molar-refractivity contribution in [1.29, 1.82) is 0 Å². The maximum atomic E-state index is 11.7. The summed E-state index contributed by atoms with van der Waals surface area (Å²) in [6, 6.07) is 14.4. The Labute approximate surface area is 162 Å². The van der Waals surface area contributed by atoms with E-state index < -0.39 is 0 Å². The number of aromatic nitrogens is 3. The second-order valence-corrected chi connectivity index (χ2v) is 5.67.